The number of amides is 1. The van der Waals surface area contributed by atoms with E-state index in [2.05, 4.69) is 9.97 Å². The van der Waals surface area contributed by atoms with Gasteiger partial charge in [-0.05, 0) is 57.4 Å². The van der Waals surface area contributed by atoms with Gasteiger partial charge >= 0.3 is 6.09 Å². The van der Waals surface area contributed by atoms with E-state index in [0.717, 1.165) is 5.56 Å². The molecule has 37 heavy (non-hydrogen) atoms. The first kappa shape index (κ1) is 25.7. The zero-order valence-electron chi connectivity index (χ0n) is 21.1. The number of carbonyl (C=O) groups excluding carboxylic acids is 1. The van der Waals surface area contributed by atoms with Gasteiger partial charge in [-0.1, -0.05) is 11.6 Å². The molecule has 1 fully saturated rings. The Morgan fingerprint density at radius 2 is 1.95 bits per heavy atom. The maximum Gasteiger partial charge on any atom is 0.410 e. The first-order valence-corrected chi connectivity index (χ1v) is 12.6. The highest BCUT2D eigenvalue weighted by Gasteiger charge is 2.45. The van der Waals surface area contributed by atoms with Crippen LogP contribution in [0.2, 0.25) is 5.15 Å². The fourth-order valence-electron chi connectivity index (χ4n) is 5.20. The minimum absolute atomic E-state index is 0.114. The second-order valence-corrected chi connectivity index (χ2v) is 11.0. The molecule has 2 aliphatic rings. The lowest BCUT2D eigenvalue weighted by Gasteiger charge is -2.32. The van der Waals surface area contributed by atoms with E-state index >= 15 is 0 Å². The van der Waals surface area contributed by atoms with Crippen LogP contribution < -0.4 is 4.74 Å². The fraction of sp³-hybridized carbons (Fsp3) is 0.500. The van der Waals surface area contributed by atoms with Crippen molar-refractivity contribution >= 4 is 28.7 Å². The third-order valence-corrected chi connectivity index (χ3v) is 7.24. The molecule has 1 aliphatic carbocycles. The van der Waals surface area contributed by atoms with Crippen LogP contribution in [0.1, 0.15) is 49.9 Å². The number of ether oxygens (including phenoxy) is 2. The molecule has 0 unspecified atom stereocenters. The van der Waals surface area contributed by atoms with Crippen LogP contribution in [0.5, 0.6) is 5.75 Å². The molecule has 3 heterocycles. The molecule has 0 radical (unpaired) electrons. The molecule has 0 saturated heterocycles. The fourth-order valence-corrected chi connectivity index (χ4v) is 5.47. The maximum absolute atomic E-state index is 14.7. The molecule has 11 heteroatoms. The molecule has 1 amide bonds. The minimum atomic E-state index is -1.20. The summed E-state index contributed by atoms with van der Waals surface area (Å²) in [6, 6.07) is 2.30. The van der Waals surface area contributed by atoms with E-state index in [1.165, 1.54) is 23.4 Å². The van der Waals surface area contributed by atoms with Gasteiger partial charge in [0.2, 0.25) is 0 Å². The van der Waals surface area contributed by atoms with Crippen LogP contribution in [0.25, 0.3) is 11.0 Å². The van der Waals surface area contributed by atoms with Gasteiger partial charge < -0.3 is 29.2 Å². The number of aryl methyl sites for hydroxylation is 1. The second-order valence-electron chi connectivity index (χ2n) is 10.7. The number of benzene rings is 1. The number of aliphatic hydroxyl groups is 2. The van der Waals surface area contributed by atoms with E-state index < -0.39 is 36.0 Å². The Labute approximate surface area is 218 Å². The average Bonchev–Trinajstić information content (AvgIpc) is 3.31. The van der Waals surface area contributed by atoms with Crippen molar-refractivity contribution in [2.24, 2.45) is 0 Å². The predicted molar refractivity (Wildman–Crippen MR) is 134 cm³/mol. The molecule has 4 atom stereocenters. The summed E-state index contributed by atoms with van der Waals surface area (Å²) in [5.74, 6) is -0.0117. The number of halogens is 2. The number of hydrogen-bond acceptors (Lipinski definition) is 7. The largest absolute Gasteiger partial charge is 0.487 e. The third kappa shape index (κ3) is 4.73. The molecule has 2 N–H and O–H groups in total. The summed E-state index contributed by atoms with van der Waals surface area (Å²) >= 11 is 6.26. The first-order valence-electron chi connectivity index (χ1n) is 12.2. The summed E-state index contributed by atoms with van der Waals surface area (Å²) in [5.41, 5.74) is 1.75. The summed E-state index contributed by atoms with van der Waals surface area (Å²) in [6.07, 6.45) is 0.164. The maximum atomic E-state index is 14.7. The lowest BCUT2D eigenvalue weighted by atomic mass is 9.98. The van der Waals surface area contributed by atoms with E-state index in [0.29, 0.717) is 46.0 Å². The van der Waals surface area contributed by atoms with Crippen LogP contribution in [0, 0.1) is 12.7 Å². The highest BCUT2D eigenvalue weighted by Crippen LogP contribution is 2.39. The Balaban J connectivity index is 1.41. The number of carbonyl (C=O) groups is 1. The van der Waals surface area contributed by atoms with Gasteiger partial charge in [-0.2, -0.15) is 0 Å². The number of nitrogens with zero attached hydrogens (tertiary/aromatic N) is 4. The van der Waals surface area contributed by atoms with Gasteiger partial charge in [-0.15, -0.1) is 0 Å². The normalized spacial score (nSPS) is 23.8. The Hall–Kier alpha value is -2.95. The molecule has 3 aromatic rings. The first-order chi connectivity index (χ1) is 17.4. The Morgan fingerprint density at radius 3 is 2.68 bits per heavy atom. The predicted octanol–water partition coefficient (Wildman–Crippen LogP) is 3.94. The van der Waals surface area contributed by atoms with Crippen molar-refractivity contribution in [3.63, 3.8) is 0 Å². The van der Waals surface area contributed by atoms with Crippen LogP contribution in [0.15, 0.2) is 24.7 Å². The average molecular weight is 533 g/mol. The molecule has 198 valence electrons. The van der Waals surface area contributed by atoms with Crippen LogP contribution in [-0.2, 0) is 17.7 Å². The van der Waals surface area contributed by atoms with Gasteiger partial charge in [0.25, 0.3) is 0 Å². The molecule has 0 bridgehead atoms. The zero-order valence-corrected chi connectivity index (χ0v) is 21.9. The van der Waals surface area contributed by atoms with Crippen LogP contribution >= 0.6 is 11.6 Å². The topological polar surface area (TPSA) is 110 Å². The Morgan fingerprint density at radius 1 is 1.19 bits per heavy atom. The minimum Gasteiger partial charge on any atom is -0.487 e. The SMILES string of the molecule is Cc1cn([C@@H]2C[C@H](Oc3ccc(F)c4c3CN(C(=O)OC(C)(C)C)CC4)[C@@H](O)[C@H]2O)c2ncnc(Cl)c12. The quantitative estimate of drug-likeness (QED) is 0.492. The highest BCUT2D eigenvalue weighted by atomic mass is 35.5. The van der Waals surface area contributed by atoms with Crippen molar-refractivity contribution in [2.45, 2.75) is 77.0 Å². The molecule has 1 saturated carbocycles. The van der Waals surface area contributed by atoms with E-state index in [4.69, 9.17) is 21.1 Å². The standard InChI is InChI=1S/C26H30ClFN4O5/c1-13-10-32(24-20(13)23(27)29-12-30-24)17-9-19(22(34)21(17)33)36-18-6-5-16(28)14-7-8-31(11-15(14)18)25(35)37-26(2,3)4/h5-6,10,12,17,19,21-22,33-34H,7-9,11H2,1-4H3/t17-,19+,21+,22-/m1/s1. The lowest BCUT2D eigenvalue weighted by molar-refractivity contribution is -0.0169. The van der Waals surface area contributed by atoms with E-state index in [9.17, 15) is 19.4 Å². The number of rotatable bonds is 3. The summed E-state index contributed by atoms with van der Waals surface area (Å²) < 4.78 is 28.2. The second kappa shape index (κ2) is 9.41. The molecule has 0 spiro atoms. The monoisotopic (exact) mass is 532 g/mol. The van der Waals surface area contributed by atoms with Gasteiger partial charge in [-0.25, -0.2) is 19.2 Å². The van der Waals surface area contributed by atoms with Crippen molar-refractivity contribution < 1.29 is 28.9 Å². The van der Waals surface area contributed by atoms with Gasteiger partial charge in [0.15, 0.2) is 0 Å². The van der Waals surface area contributed by atoms with Crippen LogP contribution in [0.3, 0.4) is 0 Å². The third-order valence-electron chi connectivity index (χ3n) is 6.95. The number of aliphatic hydroxyl groups excluding tert-OH is 2. The van der Waals surface area contributed by atoms with Crippen molar-refractivity contribution in [3.05, 3.63) is 52.3 Å². The van der Waals surface area contributed by atoms with E-state index in [-0.39, 0.29) is 18.8 Å². The van der Waals surface area contributed by atoms with Crippen molar-refractivity contribution in [2.75, 3.05) is 6.54 Å². The van der Waals surface area contributed by atoms with Crippen molar-refractivity contribution in [3.8, 4) is 5.75 Å². The summed E-state index contributed by atoms with van der Waals surface area (Å²) in [7, 11) is 0. The zero-order chi connectivity index (χ0) is 26.6. The van der Waals surface area contributed by atoms with Crippen LogP contribution in [0.4, 0.5) is 9.18 Å². The number of fused-ring (bicyclic) bond motifs is 2. The summed E-state index contributed by atoms with van der Waals surface area (Å²) in [6.45, 7) is 7.67. The molecule has 1 aromatic carbocycles. The summed E-state index contributed by atoms with van der Waals surface area (Å²) in [4.78, 5) is 22.6. The molecule has 1 aliphatic heterocycles. The molecule has 9 nitrogen and oxygen atoms in total. The van der Waals surface area contributed by atoms with Crippen molar-refractivity contribution in [1.29, 1.82) is 0 Å². The van der Waals surface area contributed by atoms with Gasteiger partial charge in [0, 0.05) is 24.7 Å². The van der Waals surface area contributed by atoms with Gasteiger partial charge in [-0.3, -0.25) is 0 Å². The Kier molecular flexibility index (Phi) is 6.54. The molecular weight excluding hydrogens is 503 g/mol. The Bertz CT molecular complexity index is 1360. The molecular formula is C26H30ClFN4O5. The number of aromatic nitrogens is 3. The smallest absolute Gasteiger partial charge is 0.410 e. The summed E-state index contributed by atoms with van der Waals surface area (Å²) in [5, 5.41) is 22.9. The van der Waals surface area contributed by atoms with Gasteiger partial charge in [0.05, 0.1) is 18.0 Å². The highest BCUT2D eigenvalue weighted by molar-refractivity contribution is 6.34. The number of hydrogen-bond donors (Lipinski definition) is 2. The van der Waals surface area contributed by atoms with Crippen LogP contribution in [-0.4, -0.2) is 66.2 Å². The van der Waals surface area contributed by atoms with E-state index in [1.807, 2.05) is 13.1 Å². The molecule has 2 aromatic heterocycles. The molecule has 5 rings (SSSR count). The van der Waals surface area contributed by atoms with Crippen molar-refractivity contribution in [1.82, 2.24) is 19.4 Å². The van der Waals surface area contributed by atoms with Gasteiger partial charge in [0.1, 0.15) is 52.6 Å². The van der Waals surface area contributed by atoms with E-state index in [1.54, 1.807) is 25.3 Å². The lowest BCUT2D eigenvalue weighted by Crippen LogP contribution is -2.40.